The standard InChI is InChI=1S/C29H32Cl3N3O4S/c1-5-26(29(37)33-6-2)34(17-21-10-12-22(30)15-25(21)32)28(36)18-35(27-16-23(31)11-9-20(27)4)40(38,39)24-13-7-19(3)8-14-24/h7-16,26H,5-6,17-18H2,1-4H3,(H,33,37). The minimum absolute atomic E-state index is 0.0216. The number of amides is 2. The number of carbonyl (C=O) groups excluding carboxylic acids is 2. The van der Waals surface area contributed by atoms with Gasteiger partial charge in [-0.05, 0) is 74.7 Å². The SMILES string of the molecule is CCNC(=O)C(CC)N(Cc1ccc(Cl)cc1Cl)C(=O)CN(c1cc(Cl)ccc1C)S(=O)(=O)c1ccc(C)cc1. The lowest BCUT2D eigenvalue weighted by Crippen LogP contribution is -2.52. The number of nitrogens with zero attached hydrogens (tertiary/aromatic N) is 2. The highest BCUT2D eigenvalue weighted by atomic mass is 35.5. The fraction of sp³-hybridized carbons (Fsp3) is 0.310. The number of hydrogen-bond donors (Lipinski definition) is 1. The zero-order valence-corrected chi connectivity index (χ0v) is 25.8. The first-order valence-corrected chi connectivity index (χ1v) is 15.3. The molecule has 0 spiro atoms. The Bertz CT molecular complexity index is 1480. The Morgan fingerprint density at radius 3 is 2.12 bits per heavy atom. The van der Waals surface area contributed by atoms with E-state index < -0.39 is 28.5 Å². The molecule has 1 unspecified atom stereocenters. The van der Waals surface area contributed by atoms with Gasteiger partial charge in [-0.3, -0.25) is 13.9 Å². The second-order valence-corrected chi connectivity index (χ2v) is 12.5. The first-order valence-electron chi connectivity index (χ1n) is 12.8. The summed E-state index contributed by atoms with van der Waals surface area (Å²) < 4.78 is 29.0. The van der Waals surface area contributed by atoms with E-state index in [4.69, 9.17) is 34.8 Å². The van der Waals surface area contributed by atoms with Gasteiger partial charge in [0.1, 0.15) is 12.6 Å². The van der Waals surface area contributed by atoms with E-state index in [1.54, 1.807) is 63.2 Å². The topological polar surface area (TPSA) is 86.8 Å². The quantitative estimate of drug-likeness (QED) is 0.267. The molecule has 3 rings (SSSR count). The number of benzene rings is 3. The van der Waals surface area contributed by atoms with Crippen LogP contribution in [-0.2, 0) is 26.2 Å². The normalized spacial score (nSPS) is 12.1. The van der Waals surface area contributed by atoms with E-state index in [0.717, 1.165) is 9.87 Å². The van der Waals surface area contributed by atoms with E-state index in [9.17, 15) is 18.0 Å². The van der Waals surface area contributed by atoms with Gasteiger partial charge in [0.25, 0.3) is 10.0 Å². The van der Waals surface area contributed by atoms with E-state index in [1.165, 1.54) is 23.1 Å². The highest BCUT2D eigenvalue weighted by molar-refractivity contribution is 7.92. The Hall–Kier alpha value is -2.78. The summed E-state index contributed by atoms with van der Waals surface area (Å²) in [5.41, 5.74) is 2.32. The zero-order valence-electron chi connectivity index (χ0n) is 22.7. The van der Waals surface area contributed by atoms with E-state index in [1.807, 2.05) is 6.92 Å². The van der Waals surface area contributed by atoms with E-state index in [2.05, 4.69) is 5.32 Å². The molecule has 7 nitrogen and oxygen atoms in total. The highest BCUT2D eigenvalue weighted by Gasteiger charge is 2.34. The molecule has 0 aromatic heterocycles. The molecule has 11 heteroatoms. The predicted molar refractivity (Wildman–Crippen MR) is 162 cm³/mol. The number of nitrogens with one attached hydrogen (secondary N) is 1. The van der Waals surface area contributed by atoms with Crippen LogP contribution in [0.4, 0.5) is 5.69 Å². The van der Waals surface area contributed by atoms with Crippen LogP contribution in [0.15, 0.2) is 65.6 Å². The van der Waals surface area contributed by atoms with Gasteiger partial charge in [-0.15, -0.1) is 0 Å². The van der Waals surface area contributed by atoms with Gasteiger partial charge in [-0.25, -0.2) is 8.42 Å². The predicted octanol–water partition coefficient (Wildman–Crippen LogP) is 6.40. The van der Waals surface area contributed by atoms with Gasteiger partial charge < -0.3 is 10.2 Å². The number of halogens is 3. The maximum atomic E-state index is 14.1. The third-order valence-corrected chi connectivity index (χ3v) is 9.02. The van der Waals surface area contributed by atoms with Crippen molar-refractivity contribution in [1.29, 1.82) is 0 Å². The number of likely N-dealkylation sites (N-methyl/N-ethyl adjacent to an activating group) is 1. The minimum atomic E-state index is -4.21. The average molecular weight is 625 g/mol. The molecule has 214 valence electrons. The van der Waals surface area contributed by atoms with Crippen LogP contribution in [0.1, 0.15) is 37.0 Å². The van der Waals surface area contributed by atoms with Crippen molar-refractivity contribution in [2.24, 2.45) is 0 Å². The summed E-state index contributed by atoms with van der Waals surface area (Å²) in [6, 6.07) is 15.2. The Morgan fingerprint density at radius 1 is 0.900 bits per heavy atom. The molecule has 0 radical (unpaired) electrons. The maximum absolute atomic E-state index is 14.1. The van der Waals surface area contributed by atoms with Gasteiger partial charge in [-0.2, -0.15) is 0 Å². The lowest BCUT2D eigenvalue weighted by Gasteiger charge is -2.33. The average Bonchev–Trinajstić information content (AvgIpc) is 2.90. The number of aryl methyl sites for hydroxylation is 2. The number of rotatable bonds is 11. The molecule has 0 aliphatic rings. The molecule has 0 fully saturated rings. The maximum Gasteiger partial charge on any atom is 0.264 e. The smallest absolute Gasteiger partial charge is 0.264 e. The van der Waals surface area contributed by atoms with Gasteiger partial charge >= 0.3 is 0 Å². The molecule has 2 amide bonds. The fourth-order valence-electron chi connectivity index (χ4n) is 4.25. The monoisotopic (exact) mass is 623 g/mol. The lowest BCUT2D eigenvalue weighted by molar-refractivity contribution is -0.140. The number of hydrogen-bond acceptors (Lipinski definition) is 4. The molecule has 1 N–H and O–H groups in total. The summed E-state index contributed by atoms with van der Waals surface area (Å²) in [6.07, 6.45) is 0.295. The zero-order chi connectivity index (χ0) is 29.6. The van der Waals surface area contributed by atoms with Gasteiger partial charge in [0.15, 0.2) is 0 Å². The van der Waals surface area contributed by atoms with Crippen LogP contribution in [0.25, 0.3) is 0 Å². The van der Waals surface area contributed by atoms with Crippen LogP contribution in [0, 0.1) is 13.8 Å². The Balaban J connectivity index is 2.12. The molecule has 0 saturated carbocycles. The van der Waals surface area contributed by atoms with Crippen molar-refractivity contribution in [3.63, 3.8) is 0 Å². The molecule has 0 bridgehead atoms. The Morgan fingerprint density at radius 2 is 1.52 bits per heavy atom. The summed E-state index contributed by atoms with van der Waals surface area (Å²) in [7, 11) is -4.21. The second kappa shape index (κ2) is 13.7. The van der Waals surface area contributed by atoms with Crippen molar-refractivity contribution in [2.75, 3.05) is 17.4 Å². The minimum Gasteiger partial charge on any atom is -0.355 e. The van der Waals surface area contributed by atoms with Crippen LogP contribution in [0.5, 0.6) is 0 Å². The summed E-state index contributed by atoms with van der Waals surface area (Å²) >= 11 is 18.8. The highest BCUT2D eigenvalue weighted by Crippen LogP contribution is 2.31. The summed E-state index contributed by atoms with van der Waals surface area (Å²) in [5, 5.41) is 3.83. The molecular formula is C29H32Cl3N3O4S. The van der Waals surface area contributed by atoms with E-state index in [-0.39, 0.29) is 23.0 Å². The molecular weight excluding hydrogens is 593 g/mol. The molecule has 0 aliphatic carbocycles. The summed E-state index contributed by atoms with van der Waals surface area (Å²) in [4.78, 5) is 28.5. The van der Waals surface area contributed by atoms with Crippen LogP contribution < -0.4 is 9.62 Å². The Kier molecular flexibility index (Phi) is 10.9. The third kappa shape index (κ3) is 7.49. The lowest BCUT2D eigenvalue weighted by atomic mass is 10.1. The van der Waals surface area contributed by atoms with Crippen molar-refractivity contribution in [3.05, 3.63) is 92.4 Å². The second-order valence-electron chi connectivity index (χ2n) is 9.33. The molecule has 0 heterocycles. The number of carbonyl (C=O) groups is 2. The van der Waals surface area contributed by atoms with Crippen molar-refractivity contribution < 1.29 is 18.0 Å². The third-order valence-electron chi connectivity index (χ3n) is 6.42. The molecule has 40 heavy (non-hydrogen) atoms. The first kappa shape index (κ1) is 31.7. The molecule has 0 saturated heterocycles. The van der Waals surface area contributed by atoms with E-state index in [0.29, 0.717) is 39.2 Å². The summed E-state index contributed by atoms with van der Waals surface area (Å²) in [5.74, 6) is -0.936. The summed E-state index contributed by atoms with van der Waals surface area (Å²) in [6.45, 7) is 6.92. The van der Waals surface area contributed by atoms with E-state index >= 15 is 0 Å². The van der Waals surface area contributed by atoms with Crippen LogP contribution in [0.2, 0.25) is 15.1 Å². The van der Waals surface area contributed by atoms with Crippen molar-refractivity contribution in [3.8, 4) is 0 Å². The van der Waals surface area contributed by atoms with Gasteiger partial charge in [-0.1, -0.05) is 71.6 Å². The van der Waals surface area contributed by atoms with Crippen molar-refractivity contribution >= 4 is 62.3 Å². The van der Waals surface area contributed by atoms with Crippen molar-refractivity contribution in [2.45, 2.75) is 51.6 Å². The number of sulfonamides is 1. The first-order chi connectivity index (χ1) is 18.9. The van der Waals surface area contributed by atoms with Gasteiger partial charge in [0.05, 0.1) is 10.6 Å². The molecule has 3 aromatic carbocycles. The Labute approximate surface area is 251 Å². The largest absolute Gasteiger partial charge is 0.355 e. The van der Waals surface area contributed by atoms with Crippen molar-refractivity contribution in [1.82, 2.24) is 10.2 Å². The van der Waals surface area contributed by atoms with Crippen LogP contribution in [-0.4, -0.2) is 44.3 Å². The van der Waals surface area contributed by atoms with Crippen LogP contribution in [0.3, 0.4) is 0 Å². The molecule has 1 atom stereocenters. The molecule has 0 aliphatic heterocycles. The fourth-order valence-corrected chi connectivity index (χ4v) is 6.35. The van der Waals surface area contributed by atoms with Gasteiger partial charge in [0.2, 0.25) is 11.8 Å². The number of anilines is 1. The van der Waals surface area contributed by atoms with Crippen LogP contribution >= 0.6 is 34.8 Å². The van der Waals surface area contributed by atoms with Gasteiger partial charge in [0, 0.05) is 28.2 Å². The molecule has 3 aromatic rings.